The van der Waals surface area contributed by atoms with Gasteiger partial charge in [0.2, 0.25) is 0 Å². The van der Waals surface area contributed by atoms with Gasteiger partial charge in [-0.2, -0.15) is 24.3 Å². The van der Waals surface area contributed by atoms with Crippen molar-refractivity contribution < 1.29 is 25.6 Å². The van der Waals surface area contributed by atoms with Crippen LogP contribution in [-0.2, 0) is 26.6 Å². The Kier molecular flexibility index (Phi) is 3.06. The summed E-state index contributed by atoms with van der Waals surface area (Å²) >= 11 is 0. The molecule has 20 heavy (non-hydrogen) atoms. The molecule has 0 saturated carbocycles. The molecule has 3 aromatic rings. The van der Waals surface area contributed by atoms with E-state index in [0.717, 1.165) is 0 Å². The summed E-state index contributed by atoms with van der Waals surface area (Å²) in [6, 6.07) is 20.3. The average molecular weight is 429 g/mol. The van der Waals surface area contributed by atoms with E-state index < -0.39 is 0 Å². The van der Waals surface area contributed by atoms with E-state index in [4.69, 9.17) is 0 Å². The largest absolute Gasteiger partial charge is 0.201 e. The summed E-state index contributed by atoms with van der Waals surface area (Å²) in [5.41, 5.74) is 4.01. The molecular weight excluding hydrogens is 414 g/mol. The van der Waals surface area contributed by atoms with E-state index >= 15 is 0 Å². The van der Waals surface area contributed by atoms with Crippen LogP contribution in [0.15, 0.2) is 54.7 Å². The van der Waals surface area contributed by atoms with E-state index in [-0.39, 0.29) is 26.6 Å². The van der Waals surface area contributed by atoms with Crippen LogP contribution in [0.2, 0.25) is 0 Å². The standard InChI is InChI=1S/C18H15N.W/c1-18(2)16-10-6-5-9-15(16)17-14-8-4-3-7-13(14)11-12-19(17)18;/h3-4,6-12H,1-2H3;. The zero-order chi connectivity index (χ0) is 13.0. The van der Waals surface area contributed by atoms with Gasteiger partial charge in [0, 0.05) is 46.4 Å². The molecule has 0 spiro atoms. The predicted octanol–water partition coefficient (Wildman–Crippen LogP) is 3.69. The van der Waals surface area contributed by atoms with Crippen LogP contribution in [0.5, 0.6) is 0 Å². The normalized spacial score (nSPS) is 14.5. The van der Waals surface area contributed by atoms with Gasteiger partial charge in [-0.1, -0.05) is 29.3 Å². The van der Waals surface area contributed by atoms with Crippen LogP contribution < -0.4 is 4.57 Å². The second-order valence-electron chi connectivity index (χ2n) is 5.65. The number of benzene rings is 2. The zero-order valence-electron chi connectivity index (χ0n) is 11.6. The van der Waals surface area contributed by atoms with E-state index in [1.807, 2.05) is 6.07 Å². The van der Waals surface area contributed by atoms with Gasteiger partial charge in [-0.25, -0.2) is 4.57 Å². The van der Waals surface area contributed by atoms with E-state index in [0.29, 0.717) is 0 Å². The van der Waals surface area contributed by atoms with Gasteiger partial charge in [0.25, 0.3) is 0 Å². The summed E-state index contributed by atoms with van der Waals surface area (Å²) in [5.74, 6) is 0. The Balaban J connectivity index is 0.00000121. The summed E-state index contributed by atoms with van der Waals surface area (Å²) < 4.78 is 2.38. The van der Waals surface area contributed by atoms with Crippen LogP contribution in [0.25, 0.3) is 22.0 Å². The van der Waals surface area contributed by atoms with Crippen molar-refractivity contribution >= 4 is 10.8 Å². The number of hydrogen-bond acceptors (Lipinski definition) is 0. The Morgan fingerprint density at radius 3 is 2.70 bits per heavy atom. The van der Waals surface area contributed by atoms with E-state index in [1.165, 1.54) is 27.6 Å². The number of aromatic nitrogens is 1. The number of fused-ring (bicyclic) bond motifs is 5. The molecule has 0 bridgehead atoms. The summed E-state index contributed by atoms with van der Waals surface area (Å²) in [7, 11) is 0. The van der Waals surface area contributed by atoms with Crippen LogP contribution >= 0.6 is 0 Å². The molecule has 0 amide bonds. The second-order valence-corrected chi connectivity index (χ2v) is 5.65. The molecule has 0 radical (unpaired) electrons. The molecule has 1 nitrogen and oxygen atoms in total. The van der Waals surface area contributed by atoms with Crippen LogP contribution in [0.3, 0.4) is 0 Å². The van der Waals surface area contributed by atoms with Crippen molar-refractivity contribution in [3.05, 3.63) is 66.4 Å². The first-order valence-electron chi connectivity index (χ1n) is 6.64. The molecule has 0 fully saturated rings. The smallest absolute Gasteiger partial charge is 0.169 e. The van der Waals surface area contributed by atoms with Crippen molar-refractivity contribution in [2.24, 2.45) is 0 Å². The molecule has 4 rings (SSSR count). The van der Waals surface area contributed by atoms with Crippen molar-refractivity contribution in [3.8, 4) is 11.3 Å². The zero-order valence-corrected chi connectivity index (χ0v) is 14.5. The molecule has 0 atom stereocenters. The van der Waals surface area contributed by atoms with Crippen LogP contribution in [0.4, 0.5) is 0 Å². The molecule has 0 N–H and O–H groups in total. The van der Waals surface area contributed by atoms with Crippen molar-refractivity contribution in [1.82, 2.24) is 0 Å². The molecule has 1 aromatic heterocycles. The second kappa shape index (κ2) is 4.53. The Labute approximate surface area is 133 Å². The third-order valence-corrected chi connectivity index (χ3v) is 4.24. The fourth-order valence-corrected chi connectivity index (χ4v) is 3.25. The molecule has 0 unspecified atom stereocenters. The number of nitrogens with zero attached hydrogens (tertiary/aromatic N) is 1. The minimum Gasteiger partial charge on any atom is -0.201 e. The van der Waals surface area contributed by atoms with Gasteiger partial charge in [-0.15, -0.1) is 0 Å². The van der Waals surface area contributed by atoms with Gasteiger partial charge >= 0.3 is 0 Å². The van der Waals surface area contributed by atoms with Crippen molar-refractivity contribution in [1.29, 1.82) is 0 Å². The average Bonchev–Trinajstić information content (AvgIpc) is 2.68. The van der Waals surface area contributed by atoms with Crippen LogP contribution in [0, 0.1) is 6.07 Å². The van der Waals surface area contributed by atoms with Gasteiger partial charge in [0.1, 0.15) is 0 Å². The summed E-state index contributed by atoms with van der Waals surface area (Å²) in [5, 5.41) is 2.61. The topological polar surface area (TPSA) is 3.88 Å². The van der Waals surface area contributed by atoms with E-state index in [2.05, 4.69) is 73.1 Å². The Hall–Kier alpha value is -1.46. The van der Waals surface area contributed by atoms with Crippen molar-refractivity contribution in [2.75, 3.05) is 0 Å². The maximum Gasteiger partial charge on any atom is 0.169 e. The first-order valence-corrected chi connectivity index (χ1v) is 6.64. The molecule has 1 aliphatic heterocycles. The number of pyridine rings is 1. The molecule has 1 aliphatic rings. The minimum atomic E-state index is 0. The summed E-state index contributed by atoms with van der Waals surface area (Å²) in [6.07, 6.45) is 2.21. The molecule has 2 aromatic carbocycles. The quantitative estimate of drug-likeness (QED) is 0.379. The third-order valence-electron chi connectivity index (χ3n) is 4.24. The maximum absolute atomic E-state index is 3.22. The number of hydrogen-bond donors (Lipinski definition) is 0. The third kappa shape index (κ3) is 1.63. The van der Waals surface area contributed by atoms with E-state index in [9.17, 15) is 0 Å². The fourth-order valence-electron chi connectivity index (χ4n) is 3.25. The monoisotopic (exact) mass is 429 g/mol. The molecular formula is C18H15NW. The van der Waals surface area contributed by atoms with Crippen LogP contribution in [0.1, 0.15) is 19.4 Å². The molecule has 2 heterocycles. The molecule has 98 valence electrons. The van der Waals surface area contributed by atoms with Gasteiger partial charge in [0.15, 0.2) is 17.4 Å². The molecule has 0 aliphatic carbocycles. The van der Waals surface area contributed by atoms with Crippen molar-refractivity contribution in [3.63, 3.8) is 0 Å². The van der Waals surface area contributed by atoms with Gasteiger partial charge in [-0.05, 0) is 11.5 Å². The molecule has 2 heteroatoms. The first-order chi connectivity index (χ1) is 9.19. The van der Waals surface area contributed by atoms with E-state index in [1.54, 1.807) is 0 Å². The molecule has 0 saturated heterocycles. The number of rotatable bonds is 0. The Bertz CT molecular complexity index is 805. The summed E-state index contributed by atoms with van der Waals surface area (Å²) in [6.45, 7) is 4.55. The maximum atomic E-state index is 3.22. The Morgan fingerprint density at radius 1 is 1.05 bits per heavy atom. The van der Waals surface area contributed by atoms with Gasteiger partial charge in [0.05, 0.1) is 0 Å². The predicted molar refractivity (Wildman–Crippen MR) is 76.8 cm³/mol. The Morgan fingerprint density at radius 2 is 1.85 bits per heavy atom. The fraction of sp³-hybridized carbons (Fsp3) is 0.167. The summed E-state index contributed by atoms with van der Waals surface area (Å²) in [4.78, 5) is 0. The van der Waals surface area contributed by atoms with Gasteiger partial charge < -0.3 is 0 Å². The van der Waals surface area contributed by atoms with Crippen molar-refractivity contribution in [2.45, 2.75) is 19.4 Å². The first kappa shape index (κ1) is 13.5. The minimum absolute atomic E-state index is 0. The SMILES string of the molecule is CC1(C)c2cc[c-]cc2-c2c3ccccc3cc[n+]21.[W]. The van der Waals surface area contributed by atoms with Crippen LogP contribution in [-0.4, -0.2) is 0 Å². The van der Waals surface area contributed by atoms with Gasteiger partial charge in [-0.3, -0.25) is 0 Å².